The first-order chi connectivity index (χ1) is 17.0. The Bertz CT molecular complexity index is 1280. The fourth-order valence-electron chi connectivity index (χ4n) is 3.41. The number of ether oxygens (including phenoxy) is 1. The molecule has 1 amide bonds. The van der Waals surface area contributed by atoms with Crippen molar-refractivity contribution in [3.63, 3.8) is 0 Å². The first kappa shape index (κ1) is 24.2. The van der Waals surface area contributed by atoms with Crippen LogP contribution in [0, 0.1) is 0 Å². The minimum atomic E-state index is -0.223. The minimum absolute atomic E-state index is 0.150. The molecule has 0 atom stereocenters. The summed E-state index contributed by atoms with van der Waals surface area (Å²) in [6, 6.07) is 25.6. The topological polar surface area (TPSA) is 81.4 Å². The number of aromatic nitrogens is 3. The lowest BCUT2D eigenvalue weighted by Gasteiger charge is -2.10. The lowest BCUT2D eigenvalue weighted by Crippen LogP contribution is -2.20. The van der Waals surface area contributed by atoms with Crippen molar-refractivity contribution < 1.29 is 9.53 Å². The molecule has 0 aliphatic carbocycles. The van der Waals surface area contributed by atoms with Gasteiger partial charge in [-0.15, -0.1) is 10.2 Å². The second kappa shape index (κ2) is 11.5. The number of amides is 1. The number of thioether (sulfide) groups is 1. The maximum absolute atomic E-state index is 12.4. The molecule has 1 heterocycles. The second-order valence-corrected chi connectivity index (χ2v) is 9.05. The zero-order valence-electron chi connectivity index (χ0n) is 19.9. The number of rotatable bonds is 9. The van der Waals surface area contributed by atoms with Crippen LogP contribution < -0.4 is 10.2 Å². The van der Waals surface area contributed by atoms with E-state index in [9.17, 15) is 4.79 Å². The monoisotopic (exact) mass is 485 g/mol. The molecule has 0 radical (unpaired) electrons. The number of nitrogens with one attached hydrogen (secondary N) is 1. The highest BCUT2D eigenvalue weighted by atomic mass is 32.2. The normalized spacial score (nSPS) is 11.2. The number of carbonyl (C=O) groups excluding carboxylic acids is 1. The van der Waals surface area contributed by atoms with Crippen LogP contribution in [0.5, 0.6) is 5.75 Å². The molecule has 3 aromatic carbocycles. The summed E-state index contributed by atoms with van der Waals surface area (Å²) in [7, 11) is 1.63. The molecule has 0 aliphatic heterocycles. The van der Waals surface area contributed by atoms with Gasteiger partial charge in [-0.2, -0.15) is 5.10 Å². The van der Waals surface area contributed by atoms with Crippen molar-refractivity contribution in [1.29, 1.82) is 0 Å². The van der Waals surface area contributed by atoms with E-state index in [-0.39, 0.29) is 11.7 Å². The number of hydrazone groups is 1. The Labute approximate surface area is 209 Å². The first-order valence-electron chi connectivity index (χ1n) is 11.2. The highest BCUT2D eigenvalue weighted by molar-refractivity contribution is 7.99. The molecule has 35 heavy (non-hydrogen) atoms. The molecule has 0 aliphatic rings. The molecule has 1 aromatic heterocycles. The summed E-state index contributed by atoms with van der Waals surface area (Å²) in [6.45, 7) is 4.30. The van der Waals surface area contributed by atoms with E-state index in [1.54, 1.807) is 13.3 Å². The lowest BCUT2D eigenvalue weighted by atomic mass is 10.0. The van der Waals surface area contributed by atoms with Crippen LogP contribution in [0.1, 0.15) is 30.9 Å². The van der Waals surface area contributed by atoms with Crippen LogP contribution in [0.15, 0.2) is 89.1 Å². The van der Waals surface area contributed by atoms with Gasteiger partial charge < -0.3 is 4.74 Å². The van der Waals surface area contributed by atoms with Crippen molar-refractivity contribution in [3.05, 3.63) is 90.0 Å². The van der Waals surface area contributed by atoms with Crippen molar-refractivity contribution in [2.45, 2.75) is 24.9 Å². The molecule has 0 spiro atoms. The van der Waals surface area contributed by atoms with Gasteiger partial charge in [0.15, 0.2) is 11.0 Å². The zero-order chi connectivity index (χ0) is 24.6. The number of benzene rings is 3. The third-order valence-corrected chi connectivity index (χ3v) is 6.26. The number of nitrogens with zero attached hydrogens (tertiary/aromatic N) is 4. The SMILES string of the molecule is COc1ccc(-c2nnc(SCC(=O)N/N=C\c3ccc(C(C)C)cc3)n2-c2ccccc2)cc1. The summed E-state index contributed by atoms with van der Waals surface area (Å²) in [4.78, 5) is 12.4. The number of hydrogen-bond donors (Lipinski definition) is 1. The van der Waals surface area contributed by atoms with E-state index < -0.39 is 0 Å². The van der Waals surface area contributed by atoms with E-state index in [1.165, 1.54) is 17.3 Å². The maximum atomic E-state index is 12.4. The quantitative estimate of drug-likeness (QED) is 0.197. The fourth-order valence-corrected chi connectivity index (χ4v) is 4.15. The average molecular weight is 486 g/mol. The molecule has 178 valence electrons. The summed E-state index contributed by atoms with van der Waals surface area (Å²) in [5, 5.41) is 13.5. The van der Waals surface area contributed by atoms with E-state index in [4.69, 9.17) is 4.74 Å². The molecule has 7 nitrogen and oxygen atoms in total. The number of carbonyl (C=O) groups is 1. The van der Waals surface area contributed by atoms with Crippen LogP contribution in [0.25, 0.3) is 17.1 Å². The summed E-state index contributed by atoms with van der Waals surface area (Å²) in [6.07, 6.45) is 1.64. The predicted octanol–water partition coefficient (Wildman–Crippen LogP) is 5.31. The van der Waals surface area contributed by atoms with Crippen molar-refractivity contribution in [2.24, 2.45) is 5.10 Å². The van der Waals surface area contributed by atoms with Crippen LogP contribution in [-0.2, 0) is 4.79 Å². The molecule has 1 N–H and O–H groups in total. The Morgan fingerprint density at radius 1 is 1.03 bits per heavy atom. The number of methoxy groups -OCH3 is 1. The molecule has 0 fully saturated rings. The van der Waals surface area contributed by atoms with E-state index in [2.05, 4.69) is 46.7 Å². The van der Waals surface area contributed by atoms with Crippen LogP contribution >= 0.6 is 11.8 Å². The summed E-state index contributed by atoms with van der Waals surface area (Å²) < 4.78 is 7.21. The average Bonchev–Trinajstić information content (AvgIpc) is 3.32. The Hall–Kier alpha value is -3.91. The predicted molar refractivity (Wildman–Crippen MR) is 140 cm³/mol. The highest BCUT2D eigenvalue weighted by Crippen LogP contribution is 2.29. The molecular weight excluding hydrogens is 458 g/mol. The second-order valence-electron chi connectivity index (χ2n) is 8.11. The third kappa shape index (κ3) is 6.16. The van der Waals surface area contributed by atoms with Gasteiger partial charge in [-0.25, -0.2) is 5.43 Å². The van der Waals surface area contributed by atoms with E-state index in [0.717, 1.165) is 22.6 Å². The van der Waals surface area contributed by atoms with Crippen molar-refractivity contribution in [3.8, 4) is 22.8 Å². The number of hydrogen-bond acceptors (Lipinski definition) is 6. The van der Waals surface area contributed by atoms with Gasteiger partial charge in [0.25, 0.3) is 5.91 Å². The van der Waals surface area contributed by atoms with Gasteiger partial charge in [0, 0.05) is 11.3 Å². The summed E-state index contributed by atoms with van der Waals surface area (Å²) in [5.41, 5.74) is 6.58. The largest absolute Gasteiger partial charge is 0.497 e. The Kier molecular flexibility index (Phi) is 7.95. The van der Waals surface area contributed by atoms with Crippen molar-refractivity contribution >= 4 is 23.9 Å². The molecular formula is C27H27N5O2S. The Morgan fingerprint density at radius 3 is 2.40 bits per heavy atom. The van der Waals surface area contributed by atoms with Crippen LogP contribution in [-0.4, -0.2) is 39.7 Å². The zero-order valence-corrected chi connectivity index (χ0v) is 20.7. The van der Waals surface area contributed by atoms with Gasteiger partial charge >= 0.3 is 0 Å². The first-order valence-corrected chi connectivity index (χ1v) is 12.2. The minimum Gasteiger partial charge on any atom is -0.497 e. The van der Waals surface area contributed by atoms with Gasteiger partial charge in [0.05, 0.1) is 19.1 Å². The third-order valence-electron chi connectivity index (χ3n) is 5.33. The Morgan fingerprint density at radius 2 is 1.74 bits per heavy atom. The molecule has 0 saturated heterocycles. The molecule has 0 saturated carbocycles. The van der Waals surface area contributed by atoms with Crippen molar-refractivity contribution in [2.75, 3.05) is 12.9 Å². The molecule has 0 unspecified atom stereocenters. The molecule has 0 bridgehead atoms. The summed E-state index contributed by atoms with van der Waals surface area (Å²) in [5.74, 6) is 1.85. The van der Waals surface area contributed by atoms with E-state index >= 15 is 0 Å². The van der Waals surface area contributed by atoms with Gasteiger partial charge in [-0.3, -0.25) is 9.36 Å². The van der Waals surface area contributed by atoms with Crippen LogP contribution in [0.2, 0.25) is 0 Å². The summed E-state index contributed by atoms with van der Waals surface area (Å²) >= 11 is 1.30. The molecule has 8 heteroatoms. The lowest BCUT2D eigenvalue weighted by molar-refractivity contribution is -0.118. The highest BCUT2D eigenvalue weighted by Gasteiger charge is 2.17. The Balaban J connectivity index is 1.45. The maximum Gasteiger partial charge on any atom is 0.250 e. The fraction of sp³-hybridized carbons (Fsp3) is 0.185. The molecule has 4 rings (SSSR count). The van der Waals surface area contributed by atoms with Gasteiger partial charge in [-0.1, -0.05) is 68.1 Å². The van der Waals surface area contributed by atoms with Gasteiger partial charge in [0.1, 0.15) is 5.75 Å². The molecule has 4 aromatic rings. The van der Waals surface area contributed by atoms with Gasteiger partial charge in [0.2, 0.25) is 0 Å². The standard InChI is InChI=1S/C27H27N5O2S/c1-19(2)21-11-9-20(10-12-21)17-28-29-25(33)18-35-27-31-30-26(22-13-15-24(34-3)16-14-22)32(27)23-7-5-4-6-8-23/h4-17,19H,18H2,1-3H3,(H,29,33)/b28-17-. The van der Waals surface area contributed by atoms with E-state index in [0.29, 0.717) is 16.9 Å². The van der Waals surface area contributed by atoms with E-state index in [1.807, 2.05) is 71.3 Å². The number of para-hydroxylation sites is 1. The smallest absolute Gasteiger partial charge is 0.250 e. The van der Waals surface area contributed by atoms with Crippen molar-refractivity contribution in [1.82, 2.24) is 20.2 Å². The van der Waals surface area contributed by atoms with Gasteiger partial charge in [-0.05, 0) is 53.4 Å². The van der Waals surface area contributed by atoms with Crippen LogP contribution in [0.4, 0.5) is 0 Å². The van der Waals surface area contributed by atoms with Crippen LogP contribution in [0.3, 0.4) is 0 Å².